The van der Waals surface area contributed by atoms with Crippen molar-refractivity contribution in [3.05, 3.63) is 29.8 Å². The highest BCUT2D eigenvalue weighted by Crippen LogP contribution is 2.23. The predicted octanol–water partition coefficient (Wildman–Crippen LogP) is 3.01. The summed E-state index contributed by atoms with van der Waals surface area (Å²) in [7, 11) is 1.65. The van der Waals surface area contributed by atoms with Gasteiger partial charge in [-0.05, 0) is 43.4 Å². The number of imidazole rings is 1. The number of ether oxygens (including phenoxy) is 1. The zero-order chi connectivity index (χ0) is 23.3. The van der Waals surface area contributed by atoms with Crippen molar-refractivity contribution in [2.75, 3.05) is 33.4 Å². The Balaban J connectivity index is 0.00000289. The summed E-state index contributed by atoms with van der Waals surface area (Å²) in [6, 6.07) is 4.21. The fourth-order valence-electron chi connectivity index (χ4n) is 4.29. The lowest BCUT2D eigenvalue weighted by Gasteiger charge is -2.38. The van der Waals surface area contributed by atoms with Gasteiger partial charge in [-0.15, -0.1) is 24.8 Å². The molecule has 11 heteroatoms. The summed E-state index contributed by atoms with van der Waals surface area (Å²) in [5.74, 6) is -0.735. The second-order valence-electron chi connectivity index (χ2n) is 8.92. The molecule has 0 unspecified atom stereocenters. The topological polar surface area (TPSA) is 102 Å². The summed E-state index contributed by atoms with van der Waals surface area (Å²) >= 11 is 0. The smallest absolute Gasteiger partial charge is 0.290 e. The van der Waals surface area contributed by atoms with E-state index in [1.807, 2.05) is 18.4 Å². The van der Waals surface area contributed by atoms with Crippen LogP contribution in [-0.2, 0) is 16.1 Å². The molecule has 1 aromatic heterocycles. The maximum atomic E-state index is 14.0. The van der Waals surface area contributed by atoms with Crippen LogP contribution in [0.3, 0.4) is 0 Å². The number of fused-ring (bicyclic) bond motifs is 1. The van der Waals surface area contributed by atoms with Crippen molar-refractivity contribution in [3.8, 4) is 0 Å². The summed E-state index contributed by atoms with van der Waals surface area (Å²) in [4.78, 5) is 32.0. The first kappa shape index (κ1) is 30.1. The highest BCUT2D eigenvalue weighted by molar-refractivity contribution is 5.95. The van der Waals surface area contributed by atoms with Gasteiger partial charge < -0.3 is 25.3 Å². The number of carbonyl (C=O) groups is 2. The third-order valence-electron chi connectivity index (χ3n) is 5.87. The minimum Gasteiger partial charge on any atom is -0.385 e. The molecule has 8 nitrogen and oxygen atoms in total. The van der Waals surface area contributed by atoms with Gasteiger partial charge in [0.25, 0.3) is 5.91 Å². The minimum atomic E-state index is -0.366. The Morgan fingerprint density at radius 3 is 2.68 bits per heavy atom. The number of unbranched alkanes of at least 4 members (excludes halogenated alkanes) is 1. The van der Waals surface area contributed by atoms with Gasteiger partial charge in [-0.25, -0.2) is 9.37 Å². The van der Waals surface area contributed by atoms with Crippen molar-refractivity contribution < 1.29 is 18.7 Å². The molecule has 34 heavy (non-hydrogen) atoms. The largest absolute Gasteiger partial charge is 0.385 e. The van der Waals surface area contributed by atoms with Crippen LogP contribution in [0.25, 0.3) is 11.0 Å². The molecule has 2 aromatic rings. The van der Waals surface area contributed by atoms with Gasteiger partial charge in [0.2, 0.25) is 5.91 Å². The molecule has 2 heterocycles. The Bertz CT molecular complexity index is 956. The van der Waals surface area contributed by atoms with Gasteiger partial charge in [0.1, 0.15) is 5.82 Å². The van der Waals surface area contributed by atoms with Gasteiger partial charge in [0, 0.05) is 45.9 Å². The van der Waals surface area contributed by atoms with E-state index >= 15 is 0 Å². The highest BCUT2D eigenvalue weighted by Gasteiger charge is 2.34. The van der Waals surface area contributed by atoms with Crippen LogP contribution in [0.5, 0.6) is 0 Å². The maximum Gasteiger partial charge on any atom is 0.290 e. The summed E-state index contributed by atoms with van der Waals surface area (Å²) in [6.07, 6.45) is 2.11. The van der Waals surface area contributed by atoms with Gasteiger partial charge >= 0.3 is 0 Å². The number of nitrogens with one attached hydrogen (secondary N) is 1. The van der Waals surface area contributed by atoms with Crippen LogP contribution in [0, 0.1) is 17.7 Å². The van der Waals surface area contributed by atoms with Crippen LogP contribution in [-0.4, -0.2) is 65.7 Å². The van der Waals surface area contributed by atoms with E-state index in [0.29, 0.717) is 56.1 Å². The molecule has 1 aliphatic heterocycles. The lowest BCUT2D eigenvalue weighted by Crippen LogP contribution is -2.54. The Hall–Kier alpha value is -1.94. The van der Waals surface area contributed by atoms with E-state index in [9.17, 15) is 14.0 Å². The Morgan fingerprint density at radius 1 is 1.29 bits per heavy atom. The molecule has 0 radical (unpaired) electrons. The standard InChI is InChI=1S/C23H34FN5O3.2ClH/c1-15(2)14-29(18-10-16(21(25)30)12-26-13-18)23(31)22-27-19-7-6-17(24)11-20(19)28(22)8-4-5-9-32-3;;/h6-7,11,15-16,18,26H,4-5,8-10,12-14H2,1-3H3,(H2,25,30);2*1H/t16-,18+;;/m1../s1. The van der Waals surface area contributed by atoms with Crippen molar-refractivity contribution in [1.82, 2.24) is 19.8 Å². The molecule has 2 amide bonds. The fourth-order valence-corrected chi connectivity index (χ4v) is 4.29. The fraction of sp³-hybridized carbons (Fsp3) is 0.609. The molecule has 1 saturated heterocycles. The lowest BCUT2D eigenvalue weighted by molar-refractivity contribution is -0.122. The van der Waals surface area contributed by atoms with Crippen LogP contribution in [0.2, 0.25) is 0 Å². The average molecular weight is 520 g/mol. The number of aromatic nitrogens is 2. The summed E-state index contributed by atoms with van der Waals surface area (Å²) in [5, 5.41) is 3.24. The van der Waals surface area contributed by atoms with Crippen LogP contribution in [0.4, 0.5) is 4.39 Å². The Kier molecular flexibility index (Phi) is 12.2. The molecule has 1 fully saturated rings. The molecule has 0 spiro atoms. The van der Waals surface area contributed by atoms with Gasteiger partial charge in [-0.2, -0.15) is 0 Å². The van der Waals surface area contributed by atoms with E-state index in [1.165, 1.54) is 12.1 Å². The van der Waals surface area contributed by atoms with Crippen molar-refractivity contribution in [2.24, 2.45) is 17.6 Å². The third kappa shape index (κ3) is 7.28. The van der Waals surface area contributed by atoms with Gasteiger partial charge in [-0.3, -0.25) is 9.59 Å². The number of primary amides is 1. The number of halogens is 3. The third-order valence-corrected chi connectivity index (χ3v) is 5.87. The van der Waals surface area contributed by atoms with E-state index < -0.39 is 0 Å². The number of hydrogen-bond donors (Lipinski definition) is 2. The number of piperidine rings is 1. The number of amides is 2. The van der Waals surface area contributed by atoms with Crippen LogP contribution in [0.1, 0.15) is 43.7 Å². The molecule has 1 aromatic carbocycles. The number of rotatable bonds is 10. The molecule has 0 bridgehead atoms. The molecular weight excluding hydrogens is 484 g/mol. The predicted molar refractivity (Wildman–Crippen MR) is 135 cm³/mol. The molecule has 192 valence electrons. The highest BCUT2D eigenvalue weighted by atomic mass is 35.5. The quantitative estimate of drug-likeness (QED) is 0.469. The SMILES string of the molecule is COCCCCn1c(C(=O)N(CC(C)C)[C@@H]2CNC[C@H](C(N)=O)C2)nc2ccc(F)cc21.Cl.Cl. The lowest BCUT2D eigenvalue weighted by atomic mass is 9.93. The minimum absolute atomic E-state index is 0. The number of benzene rings is 1. The number of nitrogens with zero attached hydrogens (tertiary/aromatic N) is 3. The maximum absolute atomic E-state index is 14.0. The van der Waals surface area contributed by atoms with E-state index in [1.54, 1.807) is 18.1 Å². The number of nitrogens with two attached hydrogens (primary N) is 1. The summed E-state index contributed by atoms with van der Waals surface area (Å²) in [5.41, 5.74) is 6.73. The van der Waals surface area contributed by atoms with Crippen molar-refractivity contribution >= 4 is 47.7 Å². The van der Waals surface area contributed by atoms with Crippen molar-refractivity contribution in [1.29, 1.82) is 0 Å². The van der Waals surface area contributed by atoms with Crippen molar-refractivity contribution in [2.45, 2.75) is 45.7 Å². The molecule has 0 saturated carbocycles. The number of hydrogen-bond acceptors (Lipinski definition) is 5. The molecule has 1 aliphatic rings. The zero-order valence-electron chi connectivity index (χ0n) is 20.0. The van der Waals surface area contributed by atoms with Crippen LogP contribution < -0.4 is 11.1 Å². The van der Waals surface area contributed by atoms with Gasteiger partial charge in [0.15, 0.2) is 5.82 Å². The first-order valence-electron chi connectivity index (χ1n) is 11.3. The van der Waals surface area contributed by atoms with E-state index in [0.717, 1.165) is 12.8 Å². The summed E-state index contributed by atoms with van der Waals surface area (Å²) < 4.78 is 20.9. The first-order valence-corrected chi connectivity index (χ1v) is 11.3. The number of aryl methyl sites for hydroxylation is 1. The molecule has 2 atom stereocenters. The Labute approximate surface area is 212 Å². The average Bonchev–Trinajstić information content (AvgIpc) is 3.12. The first-order chi connectivity index (χ1) is 15.3. The van der Waals surface area contributed by atoms with Crippen molar-refractivity contribution in [3.63, 3.8) is 0 Å². The van der Waals surface area contributed by atoms with Gasteiger partial charge in [-0.1, -0.05) is 13.8 Å². The second kappa shape index (κ2) is 13.8. The second-order valence-corrected chi connectivity index (χ2v) is 8.92. The molecule has 0 aliphatic carbocycles. The van der Waals surface area contributed by atoms with E-state index in [-0.39, 0.29) is 60.3 Å². The normalized spacial score (nSPS) is 17.8. The monoisotopic (exact) mass is 519 g/mol. The van der Waals surface area contributed by atoms with Gasteiger partial charge in [0.05, 0.1) is 17.0 Å². The number of methoxy groups -OCH3 is 1. The van der Waals surface area contributed by atoms with E-state index in [4.69, 9.17) is 10.5 Å². The van der Waals surface area contributed by atoms with Crippen LogP contribution in [0.15, 0.2) is 18.2 Å². The molecule has 3 N–H and O–H groups in total. The number of carbonyl (C=O) groups excluding carboxylic acids is 2. The zero-order valence-corrected chi connectivity index (χ0v) is 21.6. The summed E-state index contributed by atoms with van der Waals surface area (Å²) in [6.45, 7) is 6.88. The molecule has 3 rings (SSSR count). The van der Waals surface area contributed by atoms with E-state index in [2.05, 4.69) is 10.3 Å². The van der Waals surface area contributed by atoms with Crippen LogP contribution >= 0.6 is 24.8 Å². The Morgan fingerprint density at radius 2 is 2.03 bits per heavy atom. The molecular formula is C23H36Cl2FN5O3.